The van der Waals surface area contributed by atoms with Crippen LogP contribution < -0.4 is 0 Å². The van der Waals surface area contributed by atoms with Crippen molar-refractivity contribution in [1.82, 2.24) is 0 Å². The van der Waals surface area contributed by atoms with E-state index in [1.54, 1.807) is 0 Å². The summed E-state index contributed by atoms with van der Waals surface area (Å²) in [5.41, 5.74) is 0. The Morgan fingerprint density at radius 1 is 1.36 bits per heavy atom. The van der Waals surface area contributed by atoms with Gasteiger partial charge in [0.05, 0.1) is 5.92 Å². The zero-order valence-electron chi connectivity index (χ0n) is 6.75. The van der Waals surface area contributed by atoms with Crippen LogP contribution in [0.25, 0.3) is 0 Å². The molecule has 0 amide bonds. The first kappa shape index (κ1) is 11.2. The van der Waals surface area contributed by atoms with Crippen molar-refractivity contribution in [3.8, 4) is 0 Å². The number of carbonyl (C=O) groups is 1. The van der Waals surface area contributed by atoms with E-state index >= 15 is 0 Å². The molecule has 0 saturated heterocycles. The molecule has 1 fully saturated rings. The van der Waals surface area contributed by atoms with Crippen LogP contribution in [-0.4, -0.2) is 11.1 Å². The van der Waals surface area contributed by atoms with Gasteiger partial charge in [0, 0.05) is 0 Å². The summed E-state index contributed by atoms with van der Waals surface area (Å²) < 4.78 is 0. The molecule has 1 aliphatic carbocycles. The fraction of sp³-hybridized carbons (Fsp3) is 0.875. The van der Waals surface area contributed by atoms with E-state index in [9.17, 15) is 4.79 Å². The average molecular weight is 270 g/mol. The second kappa shape index (κ2) is 4.95. The standard InChI is InChI=1S/C8H14O2.HI/c1-6-4-2-3-5-7(6)8(9)10;/h6-7H,2-5H2,1H3,(H,9,10);1H. The lowest BCUT2D eigenvalue weighted by molar-refractivity contribution is -0.144. The molecule has 0 aliphatic heterocycles. The summed E-state index contributed by atoms with van der Waals surface area (Å²) in [5, 5.41) is 8.71. The van der Waals surface area contributed by atoms with Crippen molar-refractivity contribution in [2.24, 2.45) is 11.8 Å². The van der Waals surface area contributed by atoms with Gasteiger partial charge in [-0.1, -0.05) is 19.8 Å². The first-order chi connectivity index (χ1) is 4.72. The van der Waals surface area contributed by atoms with Crippen molar-refractivity contribution in [1.29, 1.82) is 0 Å². The van der Waals surface area contributed by atoms with E-state index in [1.165, 1.54) is 6.42 Å². The van der Waals surface area contributed by atoms with Gasteiger partial charge in [0.15, 0.2) is 0 Å². The number of halogens is 1. The highest BCUT2D eigenvalue weighted by Crippen LogP contribution is 2.29. The summed E-state index contributed by atoms with van der Waals surface area (Å²) in [7, 11) is 0. The van der Waals surface area contributed by atoms with Crippen LogP contribution in [-0.2, 0) is 4.79 Å². The van der Waals surface area contributed by atoms with Crippen LogP contribution in [0.5, 0.6) is 0 Å². The molecule has 0 aromatic heterocycles. The monoisotopic (exact) mass is 270 g/mol. The van der Waals surface area contributed by atoms with Gasteiger partial charge in [-0.25, -0.2) is 0 Å². The van der Waals surface area contributed by atoms with Crippen LogP contribution in [0.15, 0.2) is 0 Å². The molecule has 1 N–H and O–H groups in total. The van der Waals surface area contributed by atoms with Gasteiger partial charge in [-0.3, -0.25) is 4.79 Å². The maximum Gasteiger partial charge on any atom is 0.306 e. The molecule has 11 heavy (non-hydrogen) atoms. The van der Waals surface area contributed by atoms with Gasteiger partial charge < -0.3 is 5.11 Å². The van der Waals surface area contributed by atoms with Gasteiger partial charge in [0.2, 0.25) is 0 Å². The van der Waals surface area contributed by atoms with Crippen LogP contribution in [0.4, 0.5) is 0 Å². The smallest absolute Gasteiger partial charge is 0.306 e. The molecule has 0 aromatic rings. The molecule has 0 aromatic carbocycles. The summed E-state index contributed by atoms with van der Waals surface area (Å²) in [6.07, 6.45) is 4.29. The predicted molar refractivity (Wildman–Crippen MR) is 54.2 cm³/mol. The molecule has 0 bridgehead atoms. The van der Waals surface area contributed by atoms with Gasteiger partial charge in [-0.2, -0.15) is 0 Å². The Morgan fingerprint density at radius 3 is 2.27 bits per heavy atom. The normalized spacial score (nSPS) is 30.6. The highest BCUT2D eigenvalue weighted by Gasteiger charge is 2.26. The largest absolute Gasteiger partial charge is 0.481 e. The minimum absolute atomic E-state index is 0. The topological polar surface area (TPSA) is 37.3 Å². The number of rotatable bonds is 1. The molecule has 0 spiro atoms. The van der Waals surface area contributed by atoms with Crippen LogP contribution in [0, 0.1) is 11.8 Å². The highest BCUT2D eigenvalue weighted by atomic mass is 127. The lowest BCUT2D eigenvalue weighted by atomic mass is 9.81. The number of hydrogen-bond donors (Lipinski definition) is 1. The molecular formula is C8H15IO2. The Balaban J connectivity index is 0.000001000. The Hall–Kier alpha value is 0.200. The molecule has 66 valence electrons. The van der Waals surface area contributed by atoms with Crippen LogP contribution in [0.1, 0.15) is 32.6 Å². The highest BCUT2D eigenvalue weighted by molar-refractivity contribution is 14.0. The Morgan fingerprint density at radius 2 is 1.91 bits per heavy atom. The van der Waals surface area contributed by atoms with Crippen molar-refractivity contribution in [3.63, 3.8) is 0 Å². The van der Waals surface area contributed by atoms with E-state index in [0.29, 0.717) is 5.92 Å². The molecule has 2 nitrogen and oxygen atoms in total. The molecule has 0 heterocycles. The zero-order chi connectivity index (χ0) is 7.56. The fourth-order valence-corrected chi connectivity index (χ4v) is 1.68. The molecule has 2 unspecified atom stereocenters. The first-order valence-corrected chi connectivity index (χ1v) is 3.94. The van der Waals surface area contributed by atoms with Crippen LogP contribution in [0.2, 0.25) is 0 Å². The minimum atomic E-state index is -0.604. The van der Waals surface area contributed by atoms with Crippen molar-refractivity contribution in [3.05, 3.63) is 0 Å². The van der Waals surface area contributed by atoms with E-state index in [1.807, 2.05) is 6.92 Å². The van der Waals surface area contributed by atoms with Gasteiger partial charge in [-0.05, 0) is 18.8 Å². The van der Waals surface area contributed by atoms with E-state index in [-0.39, 0.29) is 29.9 Å². The van der Waals surface area contributed by atoms with Gasteiger partial charge in [0.1, 0.15) is 0 Å². The summed E-state index contributed by atoms with van der Waals surface area (Å²) in [4.78, 5) is 10.6. The number of carboxylic acid groups (broad SMARTS) is 1. The summed E-state index contributed by atoms with van der Waals surface area (Å²) in [5.74, 6) is -0.271. The molecule has 1 saturated carbocycles. The van der Waals surface area contributed by atoms with E-state index < -0.39 is 5.97 Å². The van der Waals surface area contributed by atoms with E-state index in [4.69, 9.17) is 5.11 Å². The average Bonchev–Trinajstić information content (AvgIpc) is 1.88. The number of carboxylic acids is 1. The third-order valence-electron chi connectivity index (χ3n) is 2.43. The molecule has 1 aliphatic rings. The summed E-state index contributed by atoms with van der Waals surface area (Å²) in [6.45, 7) is 2.04. The van der Waals surface area contributed by atoms with E-state index in [2.05, 4.69) is 0 Å². The van der Waals surface area contributed by atoms with Crippen molar-refractivity contribution >= 4 is 29.9 Å². The fourth-order valence-electron chi connectivity index (χ4n) is 1.68. The van der Waals surface area contributed by atoms with Gasteiger partial charge >= 0.3 is 5.97 Å². The third-order valence-corrected chi connectivity index (χ3v) is 2.43. The molecule has 1 rings (SSSR count). The van der Waals surface area contributed by atoms with Crippen LogP contribution in [0.3, 0.4) is 0 Å². The lowest BCUT2D eigenvalue weighted by Crippen LogP contribution is -2.24. The maximum atomic E-state index is 10.6. The van der Waals surface area contributed by atoms with Crippen molar-refractivity contribution in [2.45, 2.75) is 32.6 Å². The van der Waals surface area contributed by atoms with Crippen LogP contribution >= 0.6 is 24.0 Å². The molecule has 2 atom stereocenters. The molecule has 3 heteroatoms. The Labute approximate surface area is 84.4 Å². The summed E-state index contributed by atoms with van der Waals surface area (Å²) in [6, 6.07) is 0. The van der Waals surface area contributed by atoms with Crippen molar-refractivity contribution < 1.29 is 9.90 Å². The Bertz CT molecular complexity index is 136. The molecular weight excluding hydrogens is 255 g/mol. The van der Waals surface area contributed by atoms with Gasteiger partial charge in [0.25, 0.3) is 0 Å². The minimum Gasteiger partial charge on any atom is -0.481 e. The lowest BCUT2D eigenvalue weighted by Gasteiger charge is -2.24. The van der Waals surface area contributed by atoms with E-state index in [0.717, 1.165) is 19.3 Å². The second-order valence-corrected chi connectivity index (χ2v) is 3.21. The number of aliphatic carboxylic acids is 1. The predicted octanol–water partition coefficient (Wildman–Crippen LogP) is 2.52. The van der Waals surface area contributed by atoms with Gasteiger partial charge in [-0.15, -0.1) is 24.0 Å². The summed E-state index contributed by atoms with van der Waals surface area (Å²) >= 11 is 0. The maximum absolute atomic E-state index is 10.6. The zero-order valence-corrected chi connectivity index (χ0v) is 9.08. The third kappa shape index (κ3) is 2.97. The first-order valence-electron chi connectivity index (χ1n) is 3.94. The molecule has 0 radical (unpaired) electrons. The SMILES string of the molecule is CC1CCCCC1C(=O)O.I. The number of hydrogen-bond acceptors (Lipinski definition) is 1. The quantitative estimate of drug-likeness (QED) is 0.743. The Kier molecular flexibility index (Phi) is 5.04. The second-order valence-electron chi connectivity index (χ2n) is 3.21. The van der Waals surface area contributed by atoms with Crippen molar-refractivity contribution in [2.75, 3.05) is 0 Å².